The maximum Gasteiger partial charge on any atom is 0.180 e. The van der Waals surface area contributed by atoms with E-state index in [0.29, 0.717) is 6.54 Å². The summed E-state index contributed by atoms with van der Waals surface area (Å²) in [6.45, 7) is 4.89. The molecular formula is C17H17NO. The average Bonchev–Trinajstić information content (AvgIpc) is 2.90. The van der Waals surface area contributed by atoms with Gasteiger partial charge in [0.05, 0.1) is 6.54 Å². The van der Waals surface area contributed by atoms with Crippen LogP contribution in [0.1, 0.15) is 22.3 Å². The van der Waals surface area contributed by atoms with Gasteiger partial charge >= 0.3 is 0 Å². The molecular weight excluding hydrogens is 234 g/mol. The number of hydrogen-bond donors (Lipinski definition) is 0. The predicted octanol–water partition coefficient (Wildman–Crippen LogP) is 3.61. The van der Waals surface area contributed by atoms with Gasteiger partial charge < -0.3 is 4.74 Å². The number of rotatable bonds is 2. The lowest BCUT2D eigenvalue weighted by Gasteiger charge is -2.31. The van der Waals surface area contributed by atoms with Crippen molar-refractivity contribution < 1.29 is 4.74 Å². The first-order chi connectivity index (χ1) is 9.24. The van der Waals surface area contributed by atoms with E-state index in [1.54, 1.807) is 6.40 Å². The van der Waals surface area contributed by atoms with Crippen molar-refractivity contribution in [1.29, 1.82) is 0 Å². The van der Waals surface area contributed by atoms with Gasteiger partial charge in [0.2, 0.25) is 0 Å². The first kappa shape index (κ1) is 12.0. The topological polar surface area (TPSA) is 21.6 Å². The zero-order valence-corrected chi connectivity index (χ0v) is 11.3. The van der Waals surface area contributed by atoms with Crippen LogP contribution in [0, 0.1) is 13.8 Å². The smallest absolute Gasteiger partial charge is 0.180 e. The largest absolute Gasteiger partial charge is 0.466 e. The van der Waals surface area contributed by atoms with Gasteiger partial charge in [0, 0.05) is 11.1 Å². The summed E-state index contributed by atoms with van der Waals surface area (Å²) in [6.07, 6.45) is 1.58. The number of nitrogens with zero attached hydrogens (tertiary/aromatic N) is 1. The summed E-state index contributed by atoms with van der Waals surface area (Å²) in [7, 11) is 0. The number of ether oxygens (including phenoxy) is 1. The summed E-state index contributed by atoms with van der Waals surface area (Å²) in [5, 5.41) is 0. The quantitative estimate of drug-likeness (QED) is 0.799. The first-order valence-electron chi connectivity index (χ1n) is 6.52. The Bertz CT molecular complexity index is 575. The van der Waals surface area contributed by atoms with Crippen molar-refractivity contribution in [3.05, 3.63) is 70.8 Å². The van der Waals surface area contributed by atoms with E-state index in [-0.39, 0.29) is 0 Å². The highest BCUT2D eigenvalue weighted by Crippen LogP contribution is 2.39. The van der Waals surface area contributed by atoms with Crippen molar-refractivity contribution in [2.75, 3.05) is 6.54 Å². The zero-order chi connectivity index (χ0) is 13.3. The van der Waals surface area contributed by atoms with Crippen molar-refractivity contribution in [3.8, 4) is 0 Å². The summed E-state index contributed by atoms with van der Waals surface area (Å²) in [4.78, 5) is 4.32. The molecule has 1 aliphatic rings. The molecule has 1 aliphatic heterocycles. The van der Waals surface area contributed by atoms with Gasteiger partial charge in [0.15, 0.2) is 12.0 Å². The van der Waals surface area contributed by atoms with Crippen LogP contribution >= 0.6 is 0 Å². The highest BCUT2D eigenvalue weighted by Gasteiger charge is 2.40. The third kappa shape index (κ3) is 1.84. The van der Waals surface area contributed by atoms with E-state index in [0.717, 1.165) is 0 Å². The van der Waals surface area contributed by atoms with Gasteiger partial charge in [0.25, 0.3) is 0 Å². The van der Waals surface area contributed by atoms with Crippen LogP contribution in [0.3, 0.4) is 0 Å². The van der Waals surface area contributed by atoms with Crippen molar-refractivity contribution in [1.82, 2.24) is 0 Å². The maximum atomic E-state index is 5.98. The molecule has 96 valence electrons. The lowest BCUT2D eigenvalue weighted by atomic mass is 9.82. The minimum Gasteiger partial charge on any atom is -0.466 e. The van der Waals surface area contributed by atoms with Crippen LogP contribution in [-0.2, 0) is 10.3 Å². The van der Waals surface area contributed by atoms with Gasteiger partial charge in [-0.3, -0.25) is 4.99 Å². The van der Waals surface area contributed by atoms with E-state index in [2.05, 4.69) is 67.4 Å². The molecule has 2 aromatic rings. The van der Waals surface area contributed by atoms with Crippen LogP contribution < -0.4 is 0 Å². The molecule has 2 nitrogen and oxygen atoms in total. The molecule has 19 heavy (non-hydrogen) atoms. The van der Waals surface area contributed by atoms with E-state index >= 15 is 0 Å². The predicted molar refractivity (Wildman–Crippen MR) is 77.6 cm³/mol. The fourth-order valence-corrected chi connectivity index (χ4v) is 2.82. The standard InChI is InChI=1S/C17H17NO/c1-13-7-3-5-9-15(13)17(11-18-12-19-17)16-10-6-4-8-14(16)2/h3-10,12H,11H2,1-2H3. The lowest BCUT2D eigenvalue weighted by Crippen LogP contribution is -2.32. The number of benzene rings is 2. The minimum absolute atomic E-state index is 0.462. The Morgan fingerprint density at radius 1 is 0.895 bits per heavy atom. The van der Waals surface area contributed by atoms with Gasteiger partial charge in [-0.15, -0.1) is 0 Å². The van der Waals surface area contributed by atoms with E-state index in [1.165, 1.54) is 22.3 Å². The average molecular weight is 251 g/mol. The SMILES string of the molecule is Cc1ccccc1C1(c2ccccc2C)CN=CO1. The van der Waals surface area contributed by atoms with Crippen LogP contribution in [0.15, 0.2) is 53.5 Å². The second kappa shape index (κ2) is 4.54. The Labute approximate surface area is 113 Å². The molecule has 0 radical (unpaired) electrons. The van der Waals surface area contributed by atoms with Crippen LogP contribution in [0.25, 0.3) is 0 Å². The Balaban J connectivity index is 2.22. The number of hydrogen-bond acceptors (Lipinski definition) is 2. The Morgan fingerprint density at radius 2 is 1.42 bits per heavy atom. The second-order valence-electron chi connectivity index (χ2n) is 5.02. The van der Waals surface area contributed by atoms with Gasteiger partial charge in [-0.05, 0) is 25.0 Å². The summed E-state index contributed by atoms with van der Waals surface area (Å²) in [6, 6.07) is 16.7. The molecule has 0 unspecified atom stereocenters. The Morgan fingerprint density at radius 3 is 1.84 bits per heavy atom. The van der Waals surface area contributed by atoms with Gasteiger partial charge in [-0.2, -0.15) is 0 Å². The van der Waals surface area contributed by atoms with Crippen molar-refractivity contribution in [3.63, 3.8) is 0 Å². The summed E-state index contributed by atoms with van der Waals surface area (Å²) in [5.74, 6) is 0. The molecule has 2 heteroatoms. The maximum absolute atomic E-state index is 5.98. The molecule has 0 amide bonds. The van der Waals surface area contributed by atoms with Gasteiger partial charge in [-0.25, -0.2) is 0 Å². The molecule has 1 heterocycles. The van der Waals surface area contributed by atoms with Crippen molar-refractivity contribution in [2.24, 2.45) is 4.99 Å². The molecule has 0 fully saturated rings. The fourth-order valence-electron chi connectivity index (χ4n) is 2.82. The molecule has 0 saturated heterocycles. The summed E-state index contributed by atoms with van der Waals surface area (Å²) in [5.41, 5.74) is 4.40. The number of aliphatic imine (C=N–C) groups is 1. The van der Waals surface area contributed by atoms with E-state index in [1.807, 2.05) is 0 Å². The fraction of sp³-hybridized carbons (Fsp3) is 0.235. The van der Waals surface area contributed by atoms with E-state index in [9.17, 15) is 0 Å². The monoisotopic (exact) mass is 251 g/mol. The molecule has 0 spiro atoms. The zero-order valence-electron chi connectivity index (χ0n) is 11.3. The van der Waals surface area contributed by atoms with E-state index < -0.39 is 5.60 Å². The lowest BCUT2D eigenvalue weighted by molar-refractivity contribution is 0.138. The third-order valence-electron chi connectivity index (χ3n) is 3.80. The van der Waals surface area contributed by atoms with Crippen LogP contribution in [0.5, 0.6) is 0 Å². The third-order valence-corrected chi connectivity index (χ3v) is 3.80. The number of aryl methyl sites for hydroxylation is 2. The molecule has 2 aromatic carbocycles. The molecule has 0 N–H and O–H groups in total. The van der Waals surface area contributed by atoms with Crippen LogP contribution in [-0.4, -0.2) is 12.9 Å². The summed E-state index contributed by atoms with van der Waals surface area (Å²) >= 11 is 0. The summed E-state index contributed by atoms with van der Waals surface area (Å²) < 4.78 is 5.98. The minimum atomic E-state index is -0.462. The van der Waals surface area contributed by atoms with Crippen molar-refractivity contribution in [2.45, 2.75) is 19.4 Å². The molecule has 3 rings (SSSR count). The normalized spacial score (nSPS) is 16.3. The van der Waals surface area contributed by atoms with Crippen LogP contribution in [0.2, 0.25) is 0 Å². The molecule has 0 aromatic heterocycles. The highest BCUT2D eigenvalue weighted by molar-refractivity contribution is 5.57. The highest BCUT2D eigenvalue weighted by atomic mass is 16.5. The van der Waals surface area contributed by atoms with Crippen molar-refractivity contribution >= 4 is 6.40 Å². The molecule has 0 aliphatic carbocycles. The van der Waals surface area contributed by atoms with Gasteiger partial charge in [-0.1, -0.05) is 48.5 Å². The molecule has 0 bridgehead atoms. The van der Waals surface area contributed by atoms with Crippen LogP contribution in [0.4, 0.5) is 0 Å². The van der Waals surface area contributed by atoms with E-state index in [4.69, 9.17) is 4.74 Å². The molecule has 0 saturated carbocycles. The second-order valence-corrected chi connectivity index (χ2v) is 5.02. The Hall–Kier alpha value is -2.09. The molecule has 0 atom stereocenters. The van der Waals surface area contributed by atoms with Gasteiger partial charge in [0.1, 0.15) is 0 Å². The first-order valence-corrected chi connectivity index (χ1v) is 6.52. The Kier molecular flexibility index (Phi) is 2.86.